The van der Waals surface area contributed by atoms with Crippen LogP contribution in [0.2, 0.25) is 0 Å². The number of hydrogen-bond donors (Lipinski definition) is 0. The van der Waals surface area contributed by atoms with Crippen LogP contribution in [0, 0.1) is 0 Å². The van der Waals surface area contributed by atoms with Gasteiger partial charge in [-0.05, 0) is 24.1 Å². The third-order valence-corrected chi connectivity index (χ3v) is 4.49. The molecule has 0 fully saturated rings. The molecular weight excluding hydrogens is 326 g/mol. The van der Waals surface area contributed by atoms with E-state index in [1.165, 1.54) is 12.4 Å². The summed E-state index contributed by atoms with van der Waals surface area (Å²) in [5, 5.41) is 0. The number of hydrogen-bond acceptors (Lipinski definition) is 4. The third-order valence-electron chi connectivity index (χ3n) is 4.49. The fourth-order valence-corrected chi connectivity index (χ4v) is 2.81. The molecule has 0 aliphatic carbocycles. The number of carbonyl (C=O) groups excluding carboxylic acids is 1. The zero-order valence-corrected chi connectivity index (χ0v) is 15.1. The molecule has 26 heavy (non-hydrogen) atoms. The summed E-state index contributed by atoms with van der Waals surface area (Å²) in [5.74, 6) is 0.683. The summed E-state index contributed by atoms with van der Waals surface area (Å²) < 4.78 is 5.43. The Labute approximate surface area is 153 Å². The molecule has 0 aliphatic heterocycles. The van der Waals surface area contributed by atoms with Crippen LogP contribution in [0.3, 0.4) is 0 Å². The second-order valence-electron chi connectivity index (χ2n) is 6.00. The van der Waals surface area contributed by atoms with Crippen molar-refractivity contribution in [1.82, 2.24) is 14.9 Å². The summed E-state index contributed by atoms with van der Waals surface area (Å²) in [5.41, 5.74) is 3.50. The zero-order chi connectivity index (χ0) is 18.5. The highest BCUT2D eigenvalue weighted by Crippen LogP contribution is 2.31. The van der Waals surface area contributed by atoms with Crippen LogP contribution in [0.25, 0.3) is 11.1 Å². The number of carbonyl (C=O) groups is 1. The van der Waals surface area contributed by atoms with Gasteiger partial charge in [-0.3, -0.25) is 9.78 Å². The van der Waals surface area contributed by atoms with E-state index in [4.69, 9.17) is 4.74 Å². The Morgan fingerprint density at radius 3 is 2.46 bits per heavy atom. The number of rotatable bonds is 5. The lowest BCUT2D eigenvalue weighted by Gasteiger charge is -2.25. The molecular formula is C21H21N3O2. The highest BCUT2D eigenvalue weighted by molar-refractivity contribution is 5.92. The van der Waals surface area contributed by atoms with Gasteiger partial charge in [-0.15, -0.1) is 0 Å². The van der Waals surface area contributed by atoms with Crippen LogP contribution in [0.1, 0.15) is 29.0 Å². The van der Waals surface area contributed by atoms with E-state index in [9.17, 15) is 4.79 Å². The van der Waals surface area contributed by atoms with Gasteiger partial charge < -0.3 is 9.64 Å². The Morgan fingerprint density at radius 2 is 1.81 bits per heavy atom. The molecule has 0 N–H and O–H groups in total. The summed E-state index contributed by atoms with van der Waals surface area (Å²) in [6.45, 7) is 1.99. The first-order chi connectivity index (χ1) is 12.6. The van der Waals surface area contributed by atoms with Crippen molar-refractivity contribution in [1.29, 1.82) is 0 Å². The minimum Gasteiger partial charge on any atom is -0.496 e. The molecule has 0 spiro atoms. The van der Waals surface area contributed by atoms with Gasteiger partial charge in [-0.25, -0.2) is 4.98 Å². The molecule has 1 heterocycles. The quantitative estimate of drug-likeness (QED) is 0.700. The Balaban J connectivity index is 1.80. The number of para-hydroxylation sites is 1. The molecule has 0 aliphatic rings. The first kappa shape index (κ1) is 17.6. The van der Waals surface area contributed by atoms with Crippen LogP contribution in [0.4, 0.5) is 0 Å². The van der Waals surface area contributed by atoms with Crippen molar-refractivity contribution >= 4 is 5.91 Å². The maximum atomic E-state index is 12.5. The fourth-order valence-electron chi connectivity index (χ4n) is 2.81. The molecule has 1 unspecified atom stereocenters. The Hall–Kier alpha value is -3.21. The Kier molecular flexibility index (Phi) is 5.27. The highest BCUT2D eigenvalue weighted by Gasteiger charge is 2.20. The van der Waals surface area contributed by atoms with E-state index < -0.39 is 0 Å². The second-order valence-corrected chi connectivity index (χ2v) is 6.00. The summed E-state index contributed by atoms with van der Waals surface area (Å²) in [4.78, 5) is 22.2. The zero-order valence-electron chi connectivity index (χ0n) is 15.1. The normalized spacial score (nSPS) is 11.7. The second kappa shape index (κ2) is 7.78. The maximum absolute atomic E-state index is 12.5. The van der Waals surface area contributed by atoms with Crippen molar-refractivity contribution in [2.24, 2.45) is 0 Å². The van der Waals surface area contributed by atoms with E-state index >= 15 is 0 Å². The van der Waals surface area contributed by atoms with Gasteiger partial charge in [-0.2, -0.15) is 0 Å². The molecule has 0 saturated heterocycles. The van der Waals surface area contributed by atoms with E-state index in [1.807, 2.05) is 55.5 Å². The third kappa shape index (κ3) is 3.57. The predicted octanol–water partition coefficient (Wildman–Crippen LogP) is 3.99. The van der Waals surface area contributed by atoms with Crippen molar-refractivity contribution in [2.75, 3.05) is 14.2 Å². The van der Waals surface area contributed by atoms with E-state index in [2.05, 4.69) is 9.97 Å². The highest BCUT2D eigenvalue weighted by atomic mass is 16.5. The van der Waals surface area contributed by atoms with Crippen molar-refractivity contribution in [2.45, 2.75) is 13.0 Å². The van der Waals surface area contributed by atoms with Crippen LogP contribution in [-0.2, 0) is 0 Å². The molecule has 3 rings (SSSR count). The van der Waals surface area contributed by atoms with Crippen LogP contribution < -0.4 is 4.74 Å². The predicted molar refractivity (Wildman–Crippen MR) is 101 cm³/mol. The molecule has 0 bridgehead atoms. The van der Waals surface area contributed by atoms with E-state index in [-0.39, 0.29) is 11.9 Å². The number of benzene rings is 2. The van der Waals surface area contributed by atoms with Crippen LogP contribution in [-0.4, -0.2) is 34.9 Å². The average Bonchev–Trinajstić information content (AvgIpc) is 2.73. The minimum absolute atomic E-state index is 0.0868. The lowest BCUT2D eigenvalue weighted by atomic mass is 10.00. The number of nitrogens with zero attached hydrogens (tertiary/aromatic N) is 3. The summed E-state index contributed by atoms with van der Waals surface area (Å²) >= 11 is 0. The monoisotopic (exact) mass is 347 g/mol. The van der Waals surface area contributed by atoms with Gasteiger partial charge in [0.25, 0.3) is 5.91 Å². The average molecular weight is 347 g/mol. The van der Waals surface area contributed by atoms with Gasteiger partial charge in [0.1, 0.15) is 11.4 Å². The number of aromatic nitrogens is 2. The van der Waals surface area contributed by atoms with E-state index in [0.717, 1.165) is 22.4 Å². The van der Waals surface area contributed by atoms with Gasteiger partial charge in [0.15, 0.2) is 0 Å². The molecule has 3 aromatic rings. The molecule has 1 atom stereocenters. The molecule has 0 saturated carbocycles. The summed E-state index contributed by atoms with van der Waals surface area (Å²) in [6.07, 6.45) is 4.56. The summed E-state index contributed by atoms with van der Waals surface area (Å²) in [6, 6.07) is 16.0. The number of amides is 1. The molecule has 2 aromatic carbocycles. The van der Waals surface area contributed by atoms with Gasteiger partial charge in [-0.1, -0.05) is 42.5 Å². The molecule has 5 nitrogen and oxygen atoms in total. The summed E-state index contributed by atoms with van der Waals surface area (Å²) in [7, 11) is 3.44. The van der Waals surface area contributed by atoms with Gasteiger partial charge >= 0.3 is 0 Å². The van der Waals surface area contributed by atoms with Crippen molar-refractivity contribution in [3.8, 4) is 16.9 Å². The van der Waals surface area contributed by atoms with Gasteiger partial charge in [0, 0.05) is 25.0 Å². The lowest BCUT2D eigenvalue weighted by molar-refractivity contribution is 0.0736. The van der Waals surface area contributed by atoms with Gasteiger partial charge in [0.05, 0.1) is 19.3 Å². The fraction of sp³-hybridized carbons (Fsp3) is 0.190. The Morgan fingerprint density at radius 1 is 1.08 bits per heavy atom. The van der Waals surface area contributed by atoms with Gasteiger partial charge in [0.2, 0.25) is 0 Å². The molecule has 1 amide bonds. The lowest BCUT2D eigenvalue weighted by Crippen LogP contribution is -2.30. The van der Waals surface area contributed by atoms with Crippen molar-refractivity contribution in [3.05, 3.63) is 78.4 Å². The maximum Gasteiger partial charge on any atom is 0.274 e. The van der Waals surface area contributed by atoms with E-state index in [0.29, 0.717) is 5.69 Å². The molecule has 1 aromatic heterocycles. The van der Waals surface area contributed by atoms with E-state index in [1.54, 1.807) is 25.3 Å². The molecule has 132 valence electrons. The van der Waals surface area contributed by atoms with Crippen LogP contribution >= 0.6 is 0 Å². The molecule has 5 heteroatoms. The topological polar surface area (TPSA) is 55.3 Å². The smallest absolute Gasteiger partial charge is 0.274 e. The number of ether oxygens (including phenoxy) is 1. The largest absolute Gasteiger partial charge is 0.496 e. The molecule has 0 radical (unpaired) electrons. The van der Waals surface area contributed by atoms with Crippen molar-refractivity contribution < 1.29 is 9.53 Å². The minimum atomic E-state index is -0.153. The first-order valence-corrected chi connectivity index (χ1v) is 8.38. The standard InChI is InChI=1S/C21H21N3O2/c1-15(24(2)21(25)19-14-22-12-13-23-19)16-8-10-17(11-9-16)18-6-4-5-7-20(18)26-3/h4-15H,1-3H3. The first-order valence-electron chi connectivity index (χ1n) is 8.38. The van der Waals surface area contributed by atoms with Crippen molar-refractivity contribution in [3.63, 3.8) is 0 Å². The SMILES string of the molecule is COc1ccccc1-c1ccc(C(C)N(C)C(=O)c2cnccn2)cc1. The Bertz CT molecular complexity index is 879. The van der Waals surface area contributed by atoms with Crippen LogP contribution in [0.5, 0.6) is 5.75 Å². The van der Waals surface area contributed by atoms with Crippen LogP contribution in [0.15, 0.2) is 67.1 Å². The number of methoxy groups -OCH3 is 1.